The van der Waals surface area contributed by atoms with Crippen molar-refractivity contribution in [3.05, 3.63) is 0 Å². The molecule has 18 heavy (non-hydrogen) atoms. The van der Waals surface area contributed by atoms with Crippen molar-refractivity contribution in [1.29, 1.82) is 0 Å². The maximum atomic E-state index is 5.93. The summed E-state index contributed by atoms with van der Waals surface area (Å²) in [6, 6.07) is 0.516. The highest BCUT2D eigenvalue weighted by molar-refractivity contribution is 7.99. The third-order valence-electron chi connectivity index (χ3n) is 3.77. The quantitative estimate of drug-likeness (QED) is 0.772. The summed E-state index contributed by atoms with van der Waals surface area (Å²) < 4.78 is 11.6. The van der Waals surface area contributed by atoms with Crippen molar-refractivity contribution in [1.82, 2.24) is 5.32 Å². The van der Waals surface area contributed by atoms with E-state index in [2.05, 4.69) is 12.2 Å². The molecule has 0 radical (unpaired) electrons. The van der Waals surface area contributed by atoms with Gasteiger partial charge < -0.3 is 14.8 Å². The van der Waals surface area contributed by atoms with Gasteiger partial charge in [0.25, 0.3) is 0 Å². The first-order valence-electron chi connectivity index (χ1n) is 7.44. The van der Waals surface area contributed by atoms with Gasteiger partial charge in [-0.15, -0.1) is 0 Å². The molecule has 0 aliphatic carbocycles. The minimum absolute atomic E-state index is 0.400. The Bertz CT molecular complexity index is 216. The largest absolute Gasteiger partial charge is 0.378 e. The zero-order valence-electron chi connectivity index (χ0n) is 11.5. The van der Waals surface area contributed by atoms with Crippen molar-refractivity contribution in [3.63, 3.8) is 0 Å². The monoisotopic (exact) mass is 273 g/mol. The van der Waals surface area contributed by atoms with Crippen LogP contribution in [0.25, 0.3) is 0 Å². The van der Waals surface area contributed by atoms with E-state index < -0.39 is 0 Å². The van der Waals surface area contributed by atoms with E-state index in [0.29, 0.717) is 18.2 Å². The summed E-state index contributed by atoms with van der Waals surface area (Å²) in [6.45, 7) is 5.20. The molecule has 4 heteroatoms. The van der Waals surface area contributed by atoms with Gasteiger partial charge in [-0.05, 0) is 38.6 Å². The maximum absolute atomic E-state index is 5.93. The van der Waals surface area contributed by atoms with Gasteiger partial charge in [0.05, 0.1) is 18.8 Å². The normalized spacial score (nSPS) is 30.5. The molecule has 106 valence electrons. The lowest BCUT2D eigenvalue weighted by atomic mass is 10.0. The van der Waals surface area contributed by atoms with Crippen molar-refractivity contribution in [2.45, 2.75) is 57.3 Å². The van der Waals surface area contributed by atoms with Crippen molar-refractivity contribution >= 4 is 11.8 Å². The smallest absolute Gasteiger partial charge is 0.0818 e. The molecule has 3 nitrogen and oxygen atoms in total. The van der Waals surface area contributed by atoms with Gasteiger partial charge in [0, 0.05) is 24.2 Å². The minimum Gasteiger partial charge on any atom is -0.378 e. The summed E-state index contributed by atoms with van der Waals surface area (Å²) in [4.78, 5) is 0. The number of rotatable bonds is 7. The molecule has 2 rings (SSSR count). The van der Waals surface area contributed by atoms with Crippen LogP contribution in [-0.4, -0.2) is 49.5 Å². The Morgan fingerprint density at radius 2 is 2.28 bits per heavy atom. The molecule has 3 atom stereocenters. The van der Waals surface area contributed by atoms with Gasteiger partial charge in [0.1, 0.15) is 0 Å². The molecular weight excluding hydrogens is 246 g/mol. The zero-order valence-corrected chi connectivity index (χ0v) is 12.3. The third-order valence-corrected chi connectivity index (χ3v) is 4.79. The molecule has 2 fully saturated rings. The average Bonchev–Trinajstić information content (AvgIpc) is 2.93. The van der Waals surface area contributed by atoms with Crippen LogP contribution in [0.15, 0.2) is 0 Å². The second kappa shape index (κ2) is 8.41. The second-order valence-electron chi connectivity index (χ2n) is 5.26. The molecule has 1 N–H and O–H groups in total. The Morgan fingerprint density at radius 3 is 2.94 bits per heavy atom. The highest BCUT2D eigenvalue weighted by Gasteiger charge is 2.26. The third kappa shape index (κ3) is 4.72. The van der Waals surface area contributed by atoms with Crippen LogP contribution in [-0.2, 0) is 9.47 Å². The summed E-state index contributed by atoms with van der Waals surface area (Å²) in [6.07, 6.45) is 6.97. The van der Waals surface area contributed by atoms with Crippen LogP contribution < -0.4 is 5.32 Å². The number of ether oxygens (including phenoxy) is 2. The highest BCUT2D eigenvalue weighted by Crippen LogP contribution is 2.22. The summed E-state index contributed by atoms with van der Waals surface area (Å²) in [5, 5.41) is 3.67. The molecule has 2 aliphatic rings. The molecule has 0 amide bonds. The standard InChI is InChI=1S/C14H27NO2S/c1-2-7-15-13(14-11-18-10-9-17-14)6-5-12-4-3-8-16-12/h12-15H,2-11H2,1H3. The lowest BCUT2D eigenvalue weighted by Gasteiger charge is -2.31. The molecular formula is C14H27NO2S. The van der Waals surface area contributed by atoms with E-state index in [1.54, 1.807) is 0 Å². The lowest BCUT2D eigenvalue weighted by molar-refractivity contribution is 0.0367. The fraction of sp³-hybridized carbons (Fsp3) is 1.00. The summed E-state index contributed by atoms with van der Waals surface area (Å²) in [7, 11) is 0. The van der Waals surface area contributed by atoms with E-state index in [1.807, 2.05) is 11.8 Å². The number of hydrogen-bond acceptors (Lipinski definition) is 4. The predicted octanol–water partition coefficient (Wildman–Crippen LogP) is 2.45. The Kier molecular flexibility index (Phi) is 6.84. The predicted molar refractivity (Wildman–Crippen MR) is 77.4 cm³/mol. The summed E-state index contributed by atoms with van der Waals surface area (Å²) in [5.41, 5.74) is 0. The van der Waals surface area contributed by atoms with Crippen LogP contribution in [0.5, 0.6) is 0 Å². The Morgan fingerprint density at radius 1 is 1.33 bits per heavy atom. The van der Waals surface area contributed by atoms with Gasteiger partial charge in [0.15, 0.2) is 0 Å². The summed E-state index contributed by atoms with van der Waals surface area (Å²) in [5.74, 6) is 2.30. The van der Waals surface area contributed by atoms with Crippen molar-refractivity contribution < 1.29 is 9.47 Å². The topological polar surface area (TPSA) is 30.5 Å². The highest BCUT2D eigenvalue weighted by atomic mass is 32.2. The molecule has 0 saturated carbocycles. The minimum atomic E-state index is 0.400. The molecule has 0 aromatic rings. The van der Waals surface area contributed by atoms with Crippen molar-refractivity contribution in [3.8, 4) is 0 Å². The second-order valence-corrected chi connectivity index (χ2v) is 6.41. The van der Waals surface area contributed by atoms with Crippen LogP contribution in [0.1, 0.15) is 39.0 Å². The molecule has 0 aromatic carbocycles. The molecule has 2 heterocycles. The maximum Gasteiger partial charge on any atom is 0.0818 e. The van der Waals surface area contributed by atoms with Gasteiger partial charge in [-0.2, -0.15) is 11.8 Å². The molecule has 0 bridgehead atoms. The molecule has 2 aliphatic heterocycles. The van der Waals surface area contributed by atoms with E-state index in [4.69, 9.17) is 9.47 Å². The fourth-order valence-electron chi connectivity index (χ4n) is 2.72. The van der Waals surface area contributed by atoms with Crippen LogP contribution in [0.4, 0.5) is 0 Å². The fourth-order valence-corrected chi connectivity index (χ4v) is 3.67. The van der Waals surface area contributed by atoms with Gasteiger partial charge in [0.2, 0.25) is 0 Å². The van der Waals surface area contributed by atoms with Crippen LogP contribution in [0.2, 0.25) is 0 Å². The number of hydrogen-bond donors (Lipinski definition) is 1. The Hall–Kier alpha value is 0.230. The number of nitrogens with one attached hydrogen (secondary N) is 1. The first kappa shape index (κ1) is 14.6. The van der Waals surface area contributed by atoms with E-state index in [-0.39, 0.29) is 0 Å². The van der Waals surface area contributed by atoms with Crippen molar-refractivity contribution in [2.75, 3.05) is 31.3 Å². The van der Waals surface area contributed by atoms with Gasteiger partial charge in [-0.1, -0.05) is 6.92 Å². The zero-order chi connectivity index (χ0) is 12.6. The molecule has 2 saturated heterocycles. The molecule has 0 aromatic heterocycles. The van der Waals surface area contributed by atoms with Crippen molar-refractivity contribution in [2.24, 2.45) is 0 Å². The lowest BCUT2D eigenvalue weighted by Crippen LogP contribution is -2.45. The van der Waals surface area contributed by atoms with Crippen LogP contribution in [0, 0.1) is 0 Å². The molecule has 0 spiro atoms. The SMILES string of the molecule is CCCNC(CCC1CCCO1)C1CSCCO1. The average molecular weight is 273 g/mol. The van der Waals surface area contributed by atoms with E-state index in [0.717, 1.165) is 31.3 Å². The first-order chi connectivity index (χ1) is 8.90. The summed E-state index contributed by atoms with van der Waals surface area (Å²) >= 11 is 2.03. The van der Waals surface area contributed by atoms with Gasteiger partial charge >= 0.3 is 0 Å². The molecule has 3 unspecified atom stereocenters. The van der Waals surface area contributed by atoms with E-state index in [1.165, 1.54) is 32.1 Å². The number of thioether (sulfide) groups is 1. The van der Waals surface area contributed by atoms with Crippen LogP contribution in [0.3, 0.4) is 0 Å². The van der Waals surface area contributed by atoms with E-state index in [9.17, 15) is 0 Å². The Balaban J connectivity index is 1.75. The van der Waals surface area contributed by atoms with E-state index >= 15 is 0 Å². The van der Waals surface area contributed by atoms with Gasteiger partial charge in [-0.25, -0.2) is 0 Å². The van der Waals surface area contributed by atoms with Crippen LogP contribution >= 0.6 is 11.8 Å². The first-order valence-corrected chi connectivity index (χ1v) is 8.60. The van der Waals surface area contributed by atoms with Gasteiger partial charge in [-0.3, -0.25) is 0 Å². The Labute approximate surface area is 115 Å².